The van der Waals surface area contributed by atoms with E-state index in [0.29, 0.717) is 5.92 Å². The maximum absolute atomic E-state index is 4.27. The van der Waals surface area contributed by atoms with Gasteiger partial charge in [0.05, 0.1) is 0 Å². The van der Waals surface area contributed by atoms with Crippen LogP contribution in [0.25, 0.3) is 0 Å². The Bertz CT molecular complexity index is 233. The molecule has 0 saturated carbocycles. The van der Waals surface area contributed by atoms with Gasteiger partial charge in [0.2, 0.25) is 0 Å². The van der Waals surface area contributed by atoms with Crippen molar-refractivity contribution in [3.8, 4) is 0 Å². The molecule has 0 bridgehead atoms. The van der Waals surface area contributed by atoms with Crippen LogP contribution in [0, 0.1) is 0 Å². The van der Waals surface area contributed by atoms with Crippen molar-refractivity contribution in [1.82, 2.24) is 0 Å². The third kappa shape index (κ3) is 2.46. The van der Waals surface area contributed by atoms with Crippen LogP contribution in [-0.4, -0.2) is 0 Å². The Morgan fingerprint density at radius 3 is 1.82 bits per heavy atom. The van der Waals surface area contributed by atoms with E-state index in [1.807, 2.05) is 6.07 Å². The zero-order chi connectivity index (χ0) is 8.43. The molecule has 0 radical (unpaired) electrons. The van der Waals surface area contributed by atoms with Crippen molar-refractivity contribution in [3.63, 3.8) is 0 Å². The maximum Gasteiger partial charge on any atom is 0.00538 e. The van der Waals surface area contributed by atoms with E-state index < -0.39 is 0 Å². The minimum atomic E-state index is 0.549. The third-order valence-electron chi connectivity index (χ3n) is 1.59. The summed E-state index contributed by atoms with van der Waals surface area (Å²) in [5.74, 6) is 0.549. The first-order valence-electron chi connectivity index (χ1n) is 3.62. The van der Waals surface area contributed by atoms with Gasteiger partial charge in [0, 0.05) is 9.79 Å². The summed E-state index contributed by atoms with van der Waals surface area (Å²) in [4.78, 5) is 1.97. The molecule has 2 heteroatoms. The van der Waals surface area contributed by atoms with Gasteiger partial charge in [-0.15, -0.1) is 25.3 Å². The molecule has 0 aliphatic rings. The molecule has 0 amide bonds. The molecule has 0 aliphatic heterocycles. The number of hydrogen-bond donors (Lipinski definition) is 2. The molecular weight excluding hydrogens is 172 g/mol. The summed E-state index contributed by atoms with van der Waals surface area (Å²) >= 11 is 8.54. The summed E-state index contributed by atoms with van der Waals surface area (Å²) in [6, 6.07) is 6.10. The number of benzene rings is 1. The lowest BCUT2D eigenvalue weighted by Crippen LogP contribution is -1.86. The second-order valence-electron chi connectivity index (χ2n) is 2.94. The maximum atomic E-state index is 4.27. The van der Waals surface area contributed by atoms with Crippen molar-refractivity contribution < 1.29 is 0 Å². The fraction of sp³-hybridized carbons (Fsp3) is 0.333. The lowest BCUT2D eigenvalue weighted by molar-refractivity contribution is 0.857. The van der Waals surface area contributed by atoms with Crippen LogP contribution < -0.4 is 0 Å². The Morgan fingerprint density at radius 2 is 1.45 bits per heavy atom. The first-order valence-corrected chi connectivity index (χ1v) is 4.52. The number of hydrogen-bond acceptors (Lipinski definition) is 2. The van der Waals surface area contributed by atoms with Crippen molar-refractivity contribution in [2.75, 3.05) is 0 Å². The Kier molecular flexibility index (Phi) is 2.90. The number of thiol groups is 2. The van der Waals surface area contributed by atoms with Gasteiger partial charge in [-0.05, 0) is 29.7 Å². The predicted molar refractivity (Wildman–Crippen MR) is 55.0 cm³/mol. The van der Waals surface area contributed by atoms with E-state index >= 15 is 0 Å². The van der Waals surface area contributed by atoms with E-state index in [4.69, 9.17) is 0 Å². The second kappa shape index (κ2) is 3.55. The number of rotatable bonds is 1. The summed E-state index contributed by atoms with van der Waals surface area (Å²) in [5, 5.41) is 0. The highest BCUT2D eigenvalue weighted by atomic mass is 32.1. The summed E-state index contributed by atoms with van der Waals surface area (Å²) < 4.78 is 0. The molecule has 1 aromatic rings. The second-order valence-corrected chi connectivity index (χ2v) is 3.97. The average molecular weight is 184 g/mol. The standard InChI is InChI=1S/C9H12S2/c1-6(2)7-3-8(10)5-9(11)4-7/h3-6,10-11H,1-2H3. The molecule has 0 nitrogen and oxygen atoms in total. The SMILES string of the molecule is CC(C)c1cc(S)cc(S)c1. The minimum absolute atomic E-state index is 0.549. The molecule has 0 fully saturated rings. The van der Waals surface area contributed by atoms with Crippen LogP contribution in [0.1, 0.15) is 25.3 Å². The van der Waals surface area contributed by atoms with Crippen molar-refractivity contribution in [2.24, 2.45) is 0 Å². The van der Waals surface area contributed by atoms with Crippen LogP contribution in [0.3, 0.4) is 0 Å². The Labute approximate surface area is 78.8 Å². The topological polar surface area (TPSA) is 0 Å². The van der Waals surface area contributed by atoms with Crippen molar-refractivity contribution in [1.29, 1.82) is 0 Å². The Hall–Kier alpha value is -0.0800. The Morgan fingerprint density at radius 1 is 1.00 bits per heavy atom. The van der Waals surface area contributed by atoms with Gasteiger partial charge in [-0.3, -0.25) is 0 Å². The zero-order valence-electron chi connectivity index (χ0n) is 6.70. The Balaban J connectivity index is 3.08. The lowest BCUT2D eigenvalue weighted by Gasteiger charge is -2.06. The van der Waals surface area contributed by atoms with Crippen LogP contribution in [0.15, 0.2) is 28.0 Å². The largest absolute Gasteiger partial charge is 0.143 e. The molecule has 11 heavy (non-hydrogen) atoms. The fourth-order valence-corrected chi connectivity index (χ4v) is 1.63. The van der Waals surface area contributed by atoms with Gasteiger partial charge < -0.3 is 0 Å². The highest BCUT2D eigenvalue weighted by Crippen LogP contribution is 2.21. The van der Waals surface area contributed by atoms with Crippen molar-refractivity contribution in [2.45, 2.75) is 29.6 Å². The van der Waals surface area contributed by atoms with Crippen molar-refractivity contribution in [3.05, 3.63) is 23.8 Å². The normalized spacial score (nSPS) is 10.6. The van der Waals surface area contributed by atoms with Crippen LogP contribution >= 0.6 is 25.3 Å². The van der Waals surface area contributed by atoms with E-state index in [1.54, 1.807) is 0 Å². The molecule has 0 unspecified atom stereocenters. The van der Waals surface area contributed by atoms with Gasteiger partial charge in [-0.2, -0.15) is 0 Å². The molecule has 1 rings (SSSR count). The molecule has 0 heterocycles. The van der Waals surface area contributed by atoms with Gasteiger partial charge in [-0.1, -0.05) is 13.8 Å². The van der Waals surface area contributed by atoms with E-state index in [1.165, 1.54) is 5.56 Å². The van der Waals surface area contributed by atoms with Gasteiger partial charge >= 0.3 is 0 Å². The van der Waals surface area contributed by atoms with Gasteiger partial charge in [-0.25, -0.2) is 0 Å². The molecule has 0 aliphatic carbocycles. The zero-order valence-corrected chi connectivity index (χ0v) is 8.49. The molecule has 0 aromatic heterocycles. The fourth-order valence-electron chi connectivity index (χ4n) is 0.951. The molecule has 1 aromatic carbocycles. The summed E-state index contributed by atoms with van der Waals surface area (Å²) in [6.07, 6.45) is 0. The van der Waals surface area contributed by atoms with Crippen LogP contribution in [-0.2, 0) is 0 Å². The average Bonchev–Trinajstić information content (AvgIpc) is 1.85. The monoisotopic (exact) mass is 184 g/mol. The molecule has 0 saturated heterocycles. The van der Waals surface area contributed by atoms with E-state index in [2.05, 4.69) is 51.2 Å². The summed E-state index contributed by atoms with van der Waals surface area (Å²) in [5.41, 5.74) is 1.29. The minimum Gasteiger partial charge on any atom is -0.143 e. The summed E-state index contributed by atoms with van der Waals surface area (Å²) in [6.45, 7) is 4.32. The molecular formula is C9H12S2. The van der Waals surface area contributed by atoms with E-state index in [-0.39, 0.29) is 0 Å². The van der Waals surface area contributed by atoms with Crippen LogP contribution in [0.5, 0.6) is 0 Å². The first-order chi connectivity index (χ1) is 5.09. The summed E-state index contributed by atoms with van der Waals surface area (Å²) in [7, 11) is 0. The van der Waals surface area contributed by atoms with Crippen LogP contribution in [0.2, 0.25) is 0 Å². The molecule has 0 atom stereocenters. The third-order valence-corrected chi connectivity index (χ3v) is 2.11. The van der Waals surface area contributed by atoms with Gasteiger partial charge in [0.15, 0.2) is 0 Å². The highest BCUT2D eigenvalue weighted by Gasteiger charge is 1.99. The van der Waals surface area contributed by atoms with Crippen molar-refractivity contribution >= 4 is 25.3 Å². The van der Waals surface area contributed by atoms with E-state index in [9.17, 15) is 0 Å². The van der Waals surface area contributed by atoms with Gasteiger partial charge in [0.1, 0.15) is 0 Å². The van der Waals surface area contributed by atoms with Crippen LogP contribution in [0.4, 0.5) is 0 Å². The van der Waals surface area contributed by atoms with E-state index in [0.717, 1.165) is 9.79 Å². The first kappa shape index (κ1) is 9.01. The molecule has 0 N–H and O–H groups in total. The quantitative estimate of drug-likeness (QED) is 0.614. The molecule has 0 spiro atoms. The molecule has 60 valence electrons. The smallest absolute Gasteiger partial charge is 0.00538 e. The van der Waals surface area contributed by atoms with Gasteiger partial charge in [0.25, 0.3) is 0 Å². The highest BCUT2D eigenvalue weighted by molar-refractivity contribution is 7.81. The predicted octanol–water partition coefficient (Wildman–Crippen LogP) is 3.39. The lowest BCUT2D eigenvalue weighted by atomic mass is 10.0.